The lowest BCUT2D eigenvalue weighted by Crippen LogP contribution is -2.67. The first kappa shape index (κ1) is 11.4. The number of ether oxygens (including phenoxy) is 1. The Hall–Kier alpha value is -1.22. The molecule has 1 aliphatic heterocycles. The van der Waals surface area contributed by atoms with Crippen LogP contribution in [0.15, 0.2) is 12.1 Å². The minimum atomic E-state index is -0.611. The van der Waals surface area contributed by atoms with Gasteiger partial charge in [0.1, 0.15) is 6.10 Å². The molecule has 20 heavy (non-hydrogen) atoms. The molecule has 3 heteroatoms. The first-order chi connectivity index (χ1) is 9.67. The van der Waals surface area contributed by atoms with Crippen molar-refractivity contribution in [2.24, 2.45) is 5.92 Å². The van der Waals surface area contributed by atoms with Crippen molar-refractivity contribution in [1.82, 2.24) is 0 Å². The molecule has 2 N–H and O–H groups in total. The highest BCUT2D eigenvalue weighted by molar-refractivity contribution is 5.61. The molecule has 106 valence electrons. The van der Waals surface area contributed by atoms with Gasteiger partial charge in [0.15, 0.2) is 11.5 Å². The Morgan fingerprint density at radius 2 is 2.00 bits per heavy atom. The van der Waals surface area contributed by atoms with E-state index in [1.54, 1.807) is 6.07 Å². The SMILES string of the molecule is Oc1ccc2c3c1O[C@H]1CCC[C@@]4(O)[C@H](CCC[C@]314)C2. The third kappa shape index (κ3) is 0.996. The molecule has 4 atom stereocenters. The molecule has 2 bridgehead atoms. The molecule has 0 saturated heterocycles. The zero-order valence-corrected chi connectivity index (χ0v) is 11.6. The van der Waals surface area contributed by atoms with Gasteiger partial charge in [0.25, 0.3) is 0 Å². The van der Waals surface area contributed by atoms with Gasteiger partial charge in [0.2, 0.25) is 0 Å². The van der Waals surface area contributed by atoms with Crippen molar-refractivity contribution in [3.05, 3.63) is 23.3 Å². The Bertz CT molecular complexity index is 610. The third-order valence-electron chi connectivity index (χ3n) is 6.54. The van der Waals surface area contributed by atoms with Gasteiger partial charge < -0.3 is 14.9 Å². The fourth-order valence-electron chi connectivity index (χ4n) is 5.85. The molecule has 1 spiro atoms. The maximum atomic E-state index is 11.5. The van der Waals surface area contributed by atoms with Crippen LogP contribution in [0.3, 0.4) is 0 Å². The molecule has 4 aliphatic rings. The first-order valence-corrected chi connectivity index (χ1v) is 7.91. The van der Waals surface area contributed by atoms with Crippen LogP contribution in [0.1, 0.15) is 49.7 Å². The average molecular weight is 272 g/mol. The predicted octanol–water partition coefficient (Wildman–Crippen LogP) is 2.66. The highest BCUT2D eigenvalue weighted by atomic mass is 16.5. The maximum Gasteiger partial charge on any atom is 0.165 e. The number of hydrogen-bond donors (Lipinski definition) is 2. The third-order valence-corrected chi connectivity index (χ3v) is 6.54. The van der Waals surface area contributed by atoms with Crippen molar-refractivity contribution >= 4 is 0 Å². The van der Waals surface area contributed by atoms with E-state index in [1.807, 2.05) is 6.07 Å². The lowest BCUT2D eigenvalue weighted by Gasteiger charge is -2.60. The molecular formula is C17H20O3. The first-order valence-electron chi connectivity index (χ1n) is 7.91. The van der Waals surface area contributed by atoms with Crippen molar-refractivity contribution in [2.45, 2.75) is 62.1 Å². The smallest absolute Gasteiger partial charge is 0.165 e. The summed E-state index contributed by atoms with van der Waals surface area (Å²) in [5.41, 5.74) is 1.60. The van der Waals surface area contributed by atoms with Crippen LogP contribution in [-0.4, -0.2) is 21.9 Å². The van der Waals surface area contributed by atoms with Crippen molar-refractivity contribution < 1.29 is 14.9 Å². The minimum Gasteiger partial charge on any atom is -0.504 e. The van der Waals surface area contributed by atoms with E-state index in [2.05, 4.69) is 0 Å². The summed E-state index contributed by atoms with van der Waals surface area (Å²) < 4.78 is 6.16. The van der Waals surface area contributed by atoms with Crippen LogP contribution in [0.4, 0.5) is 0 Å². The number of aliphatic hydroxyl groups is 1. The van der Waals surface area contributed by atoms with Gasteiger partial charge in [-0.05, 0) is 56.1 Å². The molecule has 3 nitrogen and oxygen atoms in total. The van der Waals surface area contributed by atoms with Crippen molar-refractivity contribution in [3.63, 3.8) is 0 Å². The summed E-state index contributed by atoms with van der Waals surface area (Å²) in [5.74, 6) is 1.29. The van der Waals surface area contributed by atoms with Crippen molar-refractivity contribution in [3.8, 4) is 11.5 Å². The Labute approximate surface area is 118 Å². The minimum absolute atomic E-state index is 0.0615. The highest BCUT2D eigenvalue weighted by Gasteiger charge is 2.69. The fraction of sp³-hybridized carbons (Fsp3) is 0.647. The Morgan fingerprint density at radius 3 is 2.90 bits per heavy atom. The number of benzene rings is 1. The second-order valence-corrected chi connectivity index (χ2v) is 7.14. The van der Waals surface area contributed by atoms with E-state index in [0.717, 1.165) is 44.1 Å². The predicted molar refractivity (Wildman–Crippen MR) is 74.0 cm³/mol. The fourth-order valence-corrected chi connectivity index (χ4v) is 5.85. The second-order valence-electron chi connectivity index (χ2n) is 7.14. The lowest BCUT2D eigenvalue weighted by atomic mass is 9.46. The molecule has 3 aliphatic carbocycles. The van der Waals surface area contributed by atoms with Gasteiger partial charge in [-0.2, -0.15) is 0 Å². The molecule has 1 heterocycles. The van der Waals surface area contributed by atoms with Crippen LogP contribution in [0.5, 0.6) is 11.5 Å². The topological polar surface area (TPSA) is 49.7 Å². The lowest BCUT2D eigenvalue weighted by molar-refractivity contribution is -0.168. The van der Waals surface area contributed by atoms with E-state index in [1.165, 1.54) is 12.0 Å². The van der Waals surface area contributed by atoms with Gasteiger partial charge in [-0.25, -0.2) is 0 Å². The molecule has 0 amide bonds. The number of phenolic OH excluding ortho intramolecular Hbond substituents is 1. The van der Waals surface area contributed by atoms with E-state index in [9.17, 15) is 10.2 Å². The molecular weight excluding hydrogens is 252 g/mol. The Balaban J connectivity index is 1.88. The second kappa shape index (κ2) is 3.33. The van der Waals surface area contributed by atoms with Gasteiger partial charge in [-0.15, -0.1) is 0 Å². The van der Waals surface area contributed by atoms with Crippen molar-refractivity contribution in [1.29, 1.82) is 0 Å². The summed E-state index contributed by atoms with van der Waals surface area (Å²) in [6, 6.07) is 3.82. The normalized spacial score (nSPS) is 43.9. The standard InChI is InChI=1S/C17H20O3/c18-12-6-5-10-9-11-3-1-7-16-13(20-15(12)14(10)16)4-2-8-17(11,16)19/h5-6,11,13,18-19H,1-4,7-9H2/t11-,13+,16-,17-/m1/s1. The summed E-state index contributed by atoms with van der Waals surface area (Å²) in [6.07, 6.45) is 7.23. The van der Waals surface area contributed by atoms with Crippen molar-refractivity contribution in [2.75, 3.05) is 0 Å². The van der Waals surface area contributed by atoms with E-state index < -0.39 is 5.60 Å². The van der Waals surface area contributed by atoms with Gasteiger partial charge in [0.05, 0.1) is 11.0 Å². The van der Waals surface area contributed by atoms with E-state index in [-0.39, 0.29) is 17.3 Å². The zero-order chi connectivity index (χ0) is 13.5. The molecule has 1 aromatic rings. The molecule has 5 rings (SSSR count). The Kier molecular flexibility index (Phi) is 1.90. The number of aromatic hydroxyl groups is 1. The summed E-state index contributed by atoms with van der Waals surface area (Å²) in [5, 5.41) is 21.7. The number of hydrogen-bond acceptors (Lipinski definition) is 3. The molecule has 0 aromatic heterocycles. The van der Waals surface area contributed by atoms with E-state index in [4.69, 9.17) is 4.74 Å². The highest BCUT2D eigenvalue weighted by Crippen LogP contribution is 2.67. The molecule has 2 saturated carbocycles. The molecule has 0 unspecified atom stereocenters. The molecule has 1 aromatic carbocycles. The van der Waals surface area contributed by atoms with Crippen LogP contribution in [0, 0.1) is 5.92 Å². The quantitative estimate of drug-likeness (QED) is 0.763. The molecule has 2 fully saturated rings. The van der Waals surface area contributed by atoms with Crippen LogP contribution >= 0.6 is 0 Å². The molecule has 0 radical (unpaired) electrons. The van der Waals surface area contributed by atoms with E-state index in [0.29, 0.717) is 11.7 Å². The van der Waals surface area contributed by atoms with Gasteiger partial charge in [-0.3, -0.25) is 0 Å². The van der Waals surface area contributed by atoms with Crippen LogP contribution in [-0.2, 0) is 11.8 Å². The zero-order valence-electron chi connectivity index (χ0n) is 11.6. The van der Waals surface area contributed by atoms with Gasteiger partial charge in [-0.1, -0.05) is 12.5 Å². The number of rotatable bonds is 0. The van der Waals surface area contributed by atoms with Crippen LogP contribution < -0.4 is 4.74 Å². The summed E-state index contributed by atoms with van der Waals surface area (Å²) >= 11 is 0. The van der Waals surface area contributed by atoms with E-state index >= 15 is 0 Å². The average Bonchev–Trinajstić information content (AvgIpc) is 2.75. The maximum absolute atomic E-state index is 11.5. The largest absolute Gasteiger partial charge is 0.504 e. The van der Waals surface area contributed by atoms with Gasteiger partial charge >= 0.3 is 0 Å². The van der Waals surface area contributed by atoms with Crippen LogP contribution in [0.25, 0.3) is 0 Å². The van der Waals surface area contributed by atoms with Gasteiger partial charge in [0, 0.05) is 5.56 Å². The number of phenols is 1. The summed E-state index contributed by atoms with van der Waals surface area (Å²) in [6.45, 7) is 0. The summed E-state index contributed by atoms with van der Waals surface area (Å²) in [7, 11) is 0. The Morgan fingerprint density at radius 1 is 1.15 bits per heavy atom. The summed E-state index contributed by atoms with van der Waals surface area (Å²) in [4.78, 5) is 0. The van der Waals surface area contributed by atoms with Crippen LogP contribution in [0.2, 0.25) is 0 Å². The monoisotopic (exact) mass is 272 g/mol.